The van der Waals surface area contributed by atoms with Crippen LogP contribution in [0.15, 0.2) is 23.1 Å². The van der Waals surface area contributed by atoms with Crippen molar-refractivity contribution in [2.45, 2.75) is 32.6 Å². The number of nitrogens with zero attached hydrogens (tertiary/aromatic N) is 2. The Morgan fingerprint density at radius 2 is 1.86 bits per heavy atom. The predicted octanol–water partition coefficient (Wildman–Crippen LogP) is 2.66. The van der Waals surface area contributed by atoms with Crippen LogP contribution >= 0.6 is 0 Å². The molecule has 124 valence electrons. The van der Waals surface area contributed by atoms with Crippen molar-refractivity contribution in [2.24, 2.45) is 5.92 Å². The summed E-state index contributed by atoms with van der Waals surface area (Å²) < 4.78 is 31.5. The Hall–Kier alpha value is -1.67. The van der Waals surface area contributed by atoms with E-state index in [1.807, 2.05) is 13.8 Å². The summed E-state index contributed by atoms with van der Waals surface area (Å²) in [6.07, 6.45) is 0. The summed E-state index contributed by atoms with van der Waals surface area (Å²) in [5.74, 6) is 0.288. The molecule has 0 fully saturated rings. The maximum absolute atomic E-state index is 12.4. The summed E-state index contributed by atoms with van der Waals surface area (Å²) in [6.45, 7) is 8.21. The van der Waals surface area contributed by atoms with Crippen LogP contribution in [0.3, 0.4) is 0 Å². The van der Waals surface area contributed by atoms with Gasteiger partial charge < -0.3 is 4.74 Å². The number of nitro groups is 1. The second-order valence-electron chi connectivity index (χ2n) is 5.18. The van der Waals surface area contributed by atoms with Gasteiger partial charge in [-0.3, -0.25) is 10.1 Å². The van der Waals surface area contributed by atoms with E-state index in [1.165, 1.54) is 16.4 Å². The second-order valence-corrected chi connectivity index (χ2v) is 7.12. The third-order valence-electron chi connectivity index (χ3n) is 3.04. The van der Waals surface area contributed by atoms with Crippen molar-refractivity contribution in [3.63, 3.8) is 0 Å². The first kappa shape index (κ1) is 18.4. The van der Waals surface area contributed by atoms with E-state index < -0.39 is 14.9 Å². The highest BCUT2D eigenvalue weighted by atomic mass is 32.2. The highest BCUT2D eigenvalue weighted by Gasteiger charge is 2.26. The van der Waals surface area contributed by atoms with Gasteiger partial charge in [0, 0.05) is 19.2 Å². The molecule has 0 heterocycles. The maximum Gasteiger partial charge on any atom is 0.312 e. The van der Waals surface area contributed by atoms with E-state index in [2.05, 4.69) is 0 Å². The van der Waals surface area contributed by atoms with Crippen molar-refractivity contribution < 1.29 is 18.1 Å². The standard InChI is InChI=1S/C14H22N2O5S/c1-5-15(6-2)22(19,20)12-7-8-14(21-10-11(3)4)13(9-12)16(17)18/h7-9,11H,5-6,10H2,1-4H3. The zero-order chi connectivity index (χ0) is 16.9. The Morgan fingerprint density at radius 1 is 1.27 bits per heavy atom. The summed E-state index contributed by atoms with van der Waals surface area (Å²) in [4.78, 5) is 10.4. The molecule has 0 unspecified atom stereocenters. The van der Waals surface area contributed by atoms with Gasteiger partial charge in [-0.2, -0.15) is 4.31 Å². The minimum Gasteiger partial charge on any atom is -0.487 e. The monoisotopic (exact) mass is 330 g/mol. The highest BCUT2D eigenvalue weighted by molar-refractivity contribution is 7.89. The molecule has 0 aromatic heterocycles. The number of hydrogen-bond acceptors (Lipinski definition) is 5. The van der Waals surface area contributed by atoms with E-state index in [0.717, 1.165) is 6.07 Å². The van der Waals surface area contributed by atoms with E-state index in [4.69, 9.17) is 4.74 Å². The summed E-state index contributed by atoms with van der Waals surface area (Å²) in [5, 5.41) is 11.2. The Labute approximate surface area is 131 Å². The molecule has 1 aromatic carbocycles. The molecule has 1 rings (SSSR count). The summed E-state index contributed by atoms with van der Waals surface area (Å²) >= 11 is 0. The van der Waals surface area contributed by atoms with E-state index in [-0.39, 0.29) is 22.3 Å². The van der Waals surface area contributed by atoms with Crippen LogP contribution in [0.2, 0.25) is 0 Å². The molecule has 8 heteroatoms. The maximum atomic E-state index is 12.4. The number of nitro benzene ring substituents is 1. The molecule has 0 aliphatic carbocycles. The van der Waals surface area contributed by atoms with E-state index in [9.17, 15) is 18.5 Å². The third kappa shape index (κ3) is 4.17. The molecule has 0 spiro atoms. The van der Waals surface area contributed by atoms with Crippen LogP contribution in [0.1, 0.15) is 27.7 Å². The van der Waals surface area contributed by atoms with E-state index >= 15 is 0 Å². The summed E-state index contributed by atoms with van der Waals surface area (Å²) in [5.41, 5.74) is -0.339. The normalized spacial score (nSPS) is 11.9. The second kappa shape index (κ2) is 7.55. The summed E-state index contributed by atoms with van der Waals surface area (Å²) in [7, 11) is -3.73. The van der Waals surface area contributed by atoms with E-state index in [0.29, 0.717) is 19.7 Å². The Kier molecular flexibility index (Phi) is 6.31. The van der Waals surface area contributed by atoms with Gasteiger partial charge in [0.25, 0.3) is 0 Å². The van der Waals surface area contributed by atoms with Crippen molar-refractivity contribution in [2.75, 3.05) is 19.7 Å². The van der Waals surface area contributed by atoms with Gasteiger partial charge in [-0.05, 0) is 18.1 Å². The molecule has 0 saturated heterocycles. The lowest BCUT2D eigenvalue weighted by molar-refractivity contribution is -0.386. The zero-order valence-electron chi connectivity index (χ0n) is 13.3. The molecule has 0 atom stereocenters. The van der Waals surface area contributed by atoms with Crippen LogP contribution in [0, 0.1) is 16.0 Å². The molecule has 0 bridgehead atoms. The van der Waals surface area contributed by atoms with Gasteiger partial charge in [0.2, 0.25) is 10.0 Å². The average molecular weight is 330 g/mol. The SMILES string of the molecule is CCN(CC)S(=O)(=O)c1ccc(OCC(C)C)c([N+](=O)[O-])c1. The molecule has 7 nitrogen and oxygen atoms in total. The topological polar surface area (TPSA) is 89.8 Å². The molecular formula is C14H22N2O5S. The first-order valence-corrected chi connectivity index (χ1v) is 8.59. The van der Waals surface area contributed by atoms with Crippen molar-refractivity contribution >= 4 is 15.7 Å². The van der Waals surface area contributed by atoms with Crippen molar-refractivity contribution in [3.05, 3.63) is 28.3 Å². The molecule has 0 amide bonds. The Bertz CT molecular complexity index is 624. The van der Waals surface area contributed by atoms with Crippen molar-refractivity contribution in [1.82, 2.24) is 4.31 Å². The van der Waals surface area contributed by atoms with Gasteiger partial charge in [-0.15, -0.1) is 0 Å². The van der Waals surface area contributed by atoms with Crippen LogP contribution in [-0.2, 0) is 10.0 Å². The Balaban J connectivity index is 3.26. The molecular weight excluding hydrogens is 308 g/mol. The van der Waals surface area contributed by atoms with Crippen LogP contribution in [-0.4, -0.2) is 37.3 Å². The minimum absolute atomic E-state index is 0.0807. The van der Waals surface area contributed by atoms with Gasteiger partial charge in [0.1, 0.15) is 0 Å². The number of benzene rings is 1. The van der Waals surface area contributed by atoms with Crippen LogP contribution in [0.25, 0.3) is 0 Å². The quantitative estimate of drug-likeness (QED) is 0.540. The molecule has 0 radical (unpaired) electrons. The lowest BCUT2D eigenvalue weighted by atomic mass is 10.2. The first-order chi connectivity index (χ1) is 10.2. The highest BCUT2D eigenvalue weighted by Crippen LogP contribution is 2.31. The fourth-order valence-corrected chi connectivity index (χ4v) is 3.37. The van der Waals surface area contributed by atoms with Gasteiger partial charge >= 0.3 is 5.69 Å². The third-order valence-corrected chi connectivity index (χ3v) is 5.09. The lowest BCUT2D eigenvalue weighted by Crippen LogP contribution is -2.30. The van der Waals surface area contributed by atoms with Gasteiger partial charge in [-0.1, -0.05) is 27.7 Å². The minimum atomic E-state index is -3.73. The predicted molar refractivity (Wildman–Crippen MR) is 83.5 cm³/mol. The van der Waals surface area contributed by atoms with Crippen molar-refractivity contribution in [3.8, 4) is 5.75 Å². The molecule has 0 saturated carbocycles. The number of sulfonamides is 1. The fraction of sp³-hybridized carbons (Fsp3) is 0.571. The van der Waals surface area contributed by atoms with Crippen LogP contribution < -0.4 is 4.74 Å². The molecule has 1 aromatic rings. The first-order valence-electron chi connectivity index (χ1n) is 7.15. The molecule has 0 aliphatic heterocycles. The van der Waals surface area contributed by atoms with Crippen molar-refractivity contribution in [1.29, 1.82) is 0 Å². The number of rotatable bonds is 8. The number of hydrogen-bond donors (Lipinski definition) is 0. The van der Waals surface area contributed by atoms with E-state index in [1.54, 1.807) is 13.8 Å². The zero-order valence-corrected chi connectivity index (χ0v) is 14.1. The van der Waals surface area contributed by atoms with Gasteiger partial charge in [-0.25, -0.2) is 8.42 Å². The molecule has 0 aliphatic rings. The summed E-state index contributed by atoms with van der Waals surface area (Å²) in [6, 6.07) is 3.75. The molecule has 0 N–H and O–H groups in total. The van der Waals surface area contributed by atoms with Gasteiger partial charge in [0.05, 0.1) is 16.4 Å². The fourth-order valence-electron chi connectivity index (χ4n) is 1.89. The Morgan fingerprint density at radius 3 is 2.32 bits per heavy atom. The van der Waals surface area contributed by atoms with Gasteiger partial charge in [0.15, 0.2) is 5.75 Å². The molecule has 22 heavy (non-hydrogen) atoms. The average Bonchev–Trinajstić information content (AvgIpc) is 2.45. The largest absolute Gasteiger partial charge is 0.487 e. The van der Waals surface area contributed by atoms with Crippen LogP contribution in [0.4, 0.5) is 5.69 Å². The smallest absolute Gasteiger partial charge is 0.312 e. The lowest BCUT2D eigenvalue weighted by Gasteiger charge is -2.18. The number of ether oxygens (including phenoxy) is 1. The van der Waals surface area contributed by atoms with Crippen LogP contribution in [0.5, 0.6) is 5.75 Å².